The Morgan fingerprint density at radius 1 is 0.919 bits per heavy atom. The van der Waals surface area contributed by atoms with E-state index in [1.54, 1.807) is 18.2 Å². The quantitative estimate of drug-likeness (QED) is 0.172. The molecule has 0 spiro atoms. The maximum absolute atomic E-state index is 14.1. The lowest BCUT2D eigenvalue weighted by atomic mass is 10.1. The molecule has 1 heterocycles. The number of rotatable bonds is 12. The van der Waals surface area contributed by atoms with Crippen LogP contribution < -0.4 is 15.5 Å². The van der Waals surface area contributed by atoms with Gasteiger partial charge in [0.05, 0.1) is 11.4 Å². The molecule has 0 aliphatic heterocycles. The number of unbranched alkanes of at least 4 members (excludes halogenated alkanes) is 2. The van der Waals surface area contributed by atoms with Crippen molar-refractivity contribution < 1.29 is 9.18 Å². The van der Waals surface area contributed by atoms with E-state index in [4.69, 9.17) is 0 Å². The standard InChI is InChI=1S/C31H37FN4O/c1-4-7-10-20-36(19-5-2)24-16-13-22(14-17-24)31(37)35-30-25-18-15-23(21-29(25)34-27(30)6-3)33-28-12-9-8-11-26(28)32/h8-9,11-18,21,33-34H,4-7,10,19-20H2,1-3H3,(H,35,37). The lowest BCUT2D eigenvalue weighted by Gasteiger charge is -2.24. The van der Waals surface area contributed by atoms with Gasteiger partial charge < -0.3 is 20.5 Å². The molecule has 0 unspecified atom stereocenters. The molecule has 3 aromatic carbocycles. The highest BCUT2D eigenvalue weighted by molar-refractivity contribution is 6.10. The molecule has 0 saturated carbocycles. The second-order valence-electron chi connectivity index (χ2n) is 9.39. The first-order chi connectivity index (χ1) is 18.0. The molecule has 6 heteroatoms. The zero-order valence-electron chi connectivity index (χ0n) is 22.0. The van der Waals surface area contributed by atoms with E-state index in [1.165, 1.54) is 25.3 Å². The molecule has 5 nitrogen and oxygen atoms in total. The zero-order valence-corrected chi connectivity index (χ0v) is 22.0. The van der Waals surface area contributed by atoms with Crippen molar-refractivity contribution in [3.05, 3.63) is 83.8 Å². The Balaban J connectivity index is 1.51. The number of anilines is 4. The van der Waals surface area contributed by atoms with E-state index in [-0.39, 0.29) is 11.7 Å². The first-order valence-electron chi connectivity index (χ1n) is 13.4. The number of aromatic nitrogens is 1. The van der Waals surface area contributed by atoms with Crippen LogP contribution in [0.4, 0.5) is 27.1 Å². The van der Waals surface area contributed by atoms with E-state index >= 15 is 0 Å². The molecule has 0 saturated heterocycles. The Morgan fingerprint density at radius 3 is 2.41 bits per heavy atom. The molecule has 1 amide bonds. The number of hydrogen-bond acceptors (Lipinski definition) is 3. The van der Waals surface area contributed by atoms with Gasteiger partial charge in [-0.15, -0.1) is 0 Å². The van der Waals surface area contributed by atoms with E-state index in [0.29, 0.717) is 11.3 Å². The number of amides is 1. The third kappa shape index (κ3) is 6.31. The van der Waals surface area contributed by atoms with Crippen LogP contribution in [0.15, 0.2) is 66.7 Å². The predicted molar refractivity (Wildman–Crippen MR) is 154 cm³/mol. The van der Waals surface area contributed by atoms with E-state index in [0.717, 1.165) is 59.6 Å². The molecule has 0 aliphatic rings. The maximum atomic E-state index is 14.1. The van der Waals surface area contributed by atoms with Crippen LogP contribution in [0.2, 0.25) is 0 Å². The van der Waals surface area contributed by atoms with Crippen molar-refractivity contribution in [1.82, 2.24) is 4.98 Å². The number of aromatic amines is 1. The van der Waals surface area contributed by atoms with E-state index in [1.807, 2.05) is 42.5 Å². The Kier molecular flexibility index (Phi) is 8.83. The van der Waals surface area contributed by atoms with Gasteiger partial charge in [-0.25, -0.2) is 4.39 Å². The number of carbonyl (C=O) groups excluding carboxylic acids is 1. The Morgan fingerprint density at radius 2 is 1.70 bits per heavy atom. The second-order valence-corrected chi connectivity index (χ2v) is 9.39. The smallest absolute Gasteiger partial charge is 0.255 e. The summed E-state index contributed by atoms with van der Waals surface area (Å²) in [4.78, 5) is 19.0. The number of benzene rings is 3. The topological polar surface area (TPSA) is 60.2 Å². The van der Waals surface area contributed by atoms with Crippen molar-refractivity contribution in [2.24, 2.45) is 0 Å². The summed E-state index contributed by atoms with van der Waals surface area (Å²) in [7, 11) is 0. The van der Waals surface area contributed by atoms with Gasteiger partial charge in [0, 0.05) is 46.6 Å². The fourth-order valence-corrected chi connectivity index (χ4v) is 4.66. The van der Waals surface area contributed by atoms with Crippen molar-refractivity contribution in [1.29, 1.82) is 0 Å². The molecule has 0 radical (unpaired) electrons. The van der Waals surface area contributed by atoms with Crippen LogP contribution >= 0.6 is 0 Å². The fraction of sp³-hybridized carbons (Fsp3) is 0.323. The number of aryl methyl sites for hydroxylation is 1. The van der Waals surface area contributed by atoms with Crippen molar-refractivity contribution in [3.63, 3.8) is 0 Å². The number of nitrogens with one attached hydrogen (secondary N) is 3. The van der Waals surface area contributed by atoms with Crippen molar-refractivity contribution >= 4 is 39.6 Å². The Labute approximate surface area is 219 Å². The number of halogens is 1. The van der Waals surface area contributed by atoms with Gasteiger partial charge in [0.2, 0.25) is 0 Å². The lowest BCUT2D eigenvalue weighted by molar-refractivity contribution is 0.102. The molecule has 3 N–H and O–H groups in total. The van der Waals surface area contributed by atoms with Crippen molar-refractivity contribution in [2.75, 3.05) is 28.6 Å². The molecule has 1 aromatic heterocycles. The number of hydrogen-bond donors (Lipinski definition) is 3. The molecular formula is C31H37FN4O. The summed E-state index contributed by atoms with van der Waals surface area (Å²) < 4.78 is 14.1. The molecular weight excluding hydrogens is 463 g/mol. The summed E-state index contributed by atoms with van der Waals surface area (Å²) >= 11 is 0. The summed E-state index contributed by atoms with van der Waals surface area (Å²) in [6.07, 6.45) is 5.44. The highest BCUT2D eigenvalue weighted by atomic mass is 19.1. The van der Waals surface area contributed by atoms with E-state index in [2.05, 4.69) is 41.3 Å². The lowest BCUT2D eigenvalue weighted by Crippen LogP contribution is -2.25. The summed E-state index contributed by atoms with van der Waals surface area (Å²) in [6, 6.07) is 20.3. The second kappa shape index (κ2) is 12.4. The summed E-state index contributed by atoms with van der Waals surface area (Å²) in [5.41, 5.74) is 5.60. The van der Waals surface area contributed by atoms with Crippen molar-refractivity contribution in [2.45, 2.75) is 52.9 Å². The summed E-state index contributed by atoms with van der Waals surface area (Å²) in [5.74, 6) is -0.440. The minimum Gasteiger partial charge on any atom is -0.372 e. The molecule has 194 valence electrons. The van der Waals surface area contributed by atoms with Gasteiger partial charge >= 0.3 is 0 Å². The SMILES string of the molecule is CCCCCN(CCC)c1ccc(C(=O)Nc2c(CC)[nH]c3cc(Nc4ccccc4F)ccc23)cc1. The number of carbonyl (C=O) groups is 1. The first-order valence-corrected chi connectivity index (χ1v) is 13.4. The van der Waals surface area contributed by atoms with Crippen LogP contribution in [-0.2, 0) is 6.42 Å². The Bertz CT molecular complexity index is 1330. The van der Waals surface area contributed by atoms with Crippen LogP contribution in [0.5, 0.6) is 0 Å². The Hall–Kier alpha value is -3.80. The average Bonchev–Trinajstić information content (AvgIpc) is 3.26. The summed E-state index contributed by atoms with van der Waals surface area (Å²) in [6.45, 7) is 8.51. The molecule has 4 rings (SSSR count). The molecule has 0 bridgehead atoms. The number of H-pyrrole nitrogens is 1. The van der Waals surface area contributed by atoms with Crippen LogP contribution in [0.25, 0.3) is 10.9 Å². The number of nitrogens with zero attached hydrogens (tertiary/aromatic N) is 1. The van der Waals surface area contributed by atoms with Crippen LogP contribution in [0, 0.1) is 5.82 Å². The zero-order chi connectivity index (χ0) is 26.2. The molecule has 4 aromatic rings. The number of para-hydroxylation sites is 1. The minimum atomic E-state index is -0.305. The molecule has 0 fully saturated rings. The van der Waals surface area contributed by atoms with Gasteiger partial charge in [0.25, 0.3) is 5.91 Å². The molecule has 0 aliphatic carbocycles. The van der Waals surface area contributed by atoms with Crippen LogP contribution in [0.3, 0.4) is 0 Å². The average molecular weight is 501 g/mol. The van der Waals surface area contributed by atoms with Crippen LogP contribution in [-0.4, -0.2) is 24.0 Å². The van der Waals surface area contributed by atoms with Crippen molar-refractivity contribution in [3.8, 4) is 0 Å². The van der Waals surface area contributed by atoms with Crippen LogP contribution in [0.1, 0.15) is 62.5 Å². The highest BCUT2D eigenvalue weighted by Gasteiger charge is 2.16. The third-order valence-electron chi connectivity index (χ3n) is 6.64. The van der Waals surface area contributed by atoms with Gasteiger partial charge in [-0.3, -0.25) is 4.79 Å². The fourth-order valence-electron chi connectivity index (χ4n) is 4.66. The van der Waals surface area contributed by atoms with Gasteiger partial charge in [0.15, 0.2) is 0 Å². The predicted octanol–water partition coefficient (Wildman–Crippen LogP) is 8.27. The normalized spacial score (nSPS) is 11.0. The van der Waals surface area contributed by atoms with Gasteiger partial charge in [-0.2, -0.15) is 0 Å². The van der Waals surface area contributed by atoms with E-state index < -0.39 is 0 Å². The highest BCUT2D eigenvalue weighted by Crippen LogP contribution is 2.32. The summed E-state index contributed by atoms with van der Waals surface area (Å²) in [5, 5.41) is 7.18. The number of fused-ring (bicyclic) bond motifs is 1. The molecule has 37 heavy (non-hydrogen) atoms. The minimum absolute atomic E-state index is 0.135. The first kappa shape index (κ1) is 26.3. The van der Waals surface area contributed by atoms with E-state index in [9.17, 15) is 9.18 Å². The third-order valence-corrected chi connectivity index (χ3v) is 6.64. The van der Waals surface area contributed by atoms with Gasteiger partial charge in [-0.1, -0.05) is 45.7 Å². The van der Waals surface area contributed by atoms with Gasteiger partial charge in [-0.05, 0) is 73.9 Å². The maximum Gasteiger partial charge on any atom is 0.255 e. The van der Waals surface area contributed by atoms with Gasteiger partial charge in [0.1, 0.15) is 5.82 Å². The monoisotopic (exact) mass is 500 g/mol. The molecule has 0 atom stereocenters. The largest absolute Gasteiger partial charge is 0.372 e.